The van der Waals surface area contributed by atoms with Crippen molar-refractivity contribution in [1.29, 1.82) is 0 Å². The van der Waals surface area contributed by atoms with E-state index in [1.165, 1.54) is 4.88 Å². The van der Waals surface area contributed by atoms with Gasteiger partial charge in [0.1, 0.15) is 5.52 Å². The van der Waals surface area contributed by atoms with Gasteiger partial charge in [0.25, 0.3) is 6.01 Å². The highest BCUT2D eigenvalue weighted by molar-refractivity contribution is 7.09. The number of hydrogen-bond donors (Lipinski definition) is 1. The maximum absolute atomic E-state index is 5.57. The number of para-hydroxylation sites is 2. The van der Waals surface area contributed by atoms with Gasteiger partial charge in [-0.3, -0.25) is 0 Å². The standard InChI is InChI=1S/C12H11N3OS/c1-8-11(17-7-14-8)6-13-12-15-9-4-2-3-5-10(9)16-12/h2-5,7H,6H2,1H3,(H,13,15). The molecule has 0 aliphatic heterocycles. The molecule has 0 spiro atoms. The first-order valence-corrected chi connectivity index (χ1v) is 6.19. The van der Waals surface area contributed by atoms with Gasteiger partial charge in [0.2, 0.25) is 0 Å². The van der Waals surface area contributed by atoms with Gasteiger partial charge in [-0.05, 0) is 19.1 Å². The van der Waals surface area contributed by atoms with Crippen LogP contribution < -0.4 is 5.32 Å². The Morgan fingerprint density at radius 1 is 1.35 bits per heavy atom. The summed E-state index contributed by atoms with van der Waals surface area (Å²) in [6, 6.07) is 8.28. The van der Waals surface area contributed by atoms with Gasteiger partial charge in [-0.2, -0.15) is 4.98 Å². The van der Waals surface area contributed by atoms with Gasteiger partial charge >= 0.3 is 0 Å². The molecule has 0 unspecified atom stereocenters. The van der Waals surface area contributed by atoms with Gasteiger partial charge < -0.3 is 9.73 Å². The molecular formula is C12H11N3OS. The summed E-state index contributed by atoms with van der Waals surface area (Å²) in [6.45, 7) is 2.70. The number of anilines is 1. The molecule has 3 aromatic rings. The van der Waals surface area contributed by atoms with Crippen LogP contribution in [0.3, 0.4) is 0 Å². The van der Waals surface area contributed by atoms with Crippen molar-refractivity contribution < 1.29 is 4.42 Å². The van der Waals surface area contributed by atoms with Crippen molar-refractivity contribution >= 4 is 28.5 Å². The molecule has 0 amide bonds. The summed E-state index contributed by atoms with van der Waals surface area (Å²) in [5.41, 5.74) is 4.57. The number of nitrogens with zero attached hydrogens (tertiary/aromatic N) is 2. The Bertz CT molecular complexity index is 611. The summed E-state index contributed by atoms with van der Waals surface area (Å²) in [6.07, 6.45) is 0. The molecule has 3 rings (SSSR count). The van der Waals surface area contributed by atoms with E-state index < -0.39 is 0 Å². The lowest BCUT2D eigenvalue weighted by Crippen LogP contribution is -1.98. The van der Waals surface area contributed by atoms with Gasteiger partial charge in [-0.1, -0.05) is 12.1 Å². The minimum Gasteiger partial charge on any atom is -0.424 e. The van der Waals surface area contributed by atoms with Gasteiger partial charge in [0.05, 0.1) is 17.7 Å². The van der Waals surface area contributed by atoms with Crippen LogP contribution in [-0.4, -0.2) is 9.97 Å². The van der Waals surface area contributed by atoms with Crippen molar-refractivity contribution in [3.05, 3.63) is 40.3 Å². The molecule has 0 bridgehead atoms. The quantitative estimate of drug-likeness (QED) is 0.769. The predicted octanol–water partition coefficient (Wildman–Crippen LogP) is 3.20. The smallest absolute Gasteiger partial charge is 0.295 e. The summed E-state index contributed by atoms with van der Waals surface area (Å²) >= 11 is 1.63. The molecule has 0 fully saturated rings. The Labute approximate surface area is 102 Å². The van der Waals surface area contributed by atoms with Crippen molar-refractivity contribution in [3.63, 3.8) is 0 Å². The fraction of sp³-hybridized carbons (Fsp3) is 0.167. The zero-order valence-electron chi connectivity index (χ0n) is 9.30. The Balaban J connectivity index is 1.79. The average molecular weight is 245 g/mol. The van der Waals surface area contributed by atoms with Gasteiger partial charge in [0, 0.05) is 4.88 Å². The maximum Gasteiger partial charge on any atom is 0.295 e. The van der Waals surface area contributed by atoms with E-state index in [0.29, 0.717) is 12.6 Å². The molecule has 0 aliphatic carbocycles. The summed E-state index contributed by atoms with van der Waals surface area (Å²) < 4.78 is 5.57. The van der Waals surface area contributed by atoms with Crippen LogP contribution in [0, 0.1) is 6.92 Å². The third kappa shape index (κ3) is 2.01. The molecule has 2 heterocycles. The van der Waals surface area contributed by atoms with E-state index >= 15 is 0 Å². The third-order valence-electron chi connectivity index (χ3n) is 2.54. The SMILES string of the molecule is Cc1ncsc1CNc1nc2ccccc2o1. The highest BCUT2D eigenvalue weighted by Gasteiger charge is 2.06. The third-order valence-corrected chi connectivity index (χ3v) is 3.47. The Morgan fingerprint density at radius 2 is 2.24 bits per heavy atom. The summed E-state index contributed by atoms with van der Waals surface area (Å²) in [5.74, 6) is 0. The van der Waals surface area contributed by atoms with Gasteiger partial charge in [-0.15, -0.1) is 11.3 Å². The second-order valence-electron chi connectivity index (χ2n) is 3.70. The Kier molecular flexibility index (Phi) is 2.53. The molecular weight excluding hydrogens is 234 g/mol. The molecule has 86 valence electrons. The van der Waals surface area contributed by atoms with Gasteiger partial charge in [0.15, 0.2) is 5.58 Å². The minimum absolute atomic E-state index is 0.555. The fourth-order valence-corrected chi connectivity index (χ4v) is 2.32. The molecule has 17 heavy (non-hydrogen) atoms. The van der Waals surface area contributed by atoms with Crippen LogP contribution in [0.25, 0.3) is 11.1 Å². The molecule has 2 aromatic heterocycles. The topological polar surface area (TPSA) is 51.0 Å². The van der Waals surface area contributed by atoms with E-state index in [1.54, 1.807) is 11.3 Å². The van der Waals surface area contributed by atoms with Crippen molar-refractivity contribution in [1.82, 2.24) is 9.97 Å². The Morgan fingerprint density at radius 3 is 3.00 bits per heavy atom. The first kappa shape index (κ1) is 10.3. The lowest BCUT2D eigenvalue weighted by atomic mass is 10.3. The summed E-state index contributed by atoms with van der Waals surface area (Å²) in [4.78, 5) is 9.75. The van der Waals surface area contributed by atoms with Crippen LogP contribution in [0.15, 0.2) is 34.2 Å². The van der Waals surface area contributed by atoms with E-state index in [2.05, 4.69) is 15.3 Å². The number of benzene rings is 1. The lowest BCUT2D eigenvalue weighted by Gasteiger charge is -1.98. The maximum atomic E-state index is 5.57. The molecule has 0 saturated carbocycles. The number of nitrogens with one attached hydrogen (secondary N) is 1. The second kappa shape index (κ2) is 4.18. The van der Waals surface area contributed by atoms with Gasteiger partial charge in [-0.25, -0.2) is 4.98 Å². The number of rotatable bonds is 3. The van der Waals surface area contributed by atoms with Crippen LogP contribution in [0.1, 0.15) is 10.6 Å². The van der Waals surface area contributed by atoms with Crippen LogP contribution in [0.2, 0.25) is 0 Å². The van der Waals surface area contributed by atoms with Crippen molar-refractivity contribution in [2.75, 3.05) is 5.32 Å². The normalized spacial score (nSPS) is 10.9. The number of hydrogen-bond acceptors (Lipinski definition) is 5. The van der Waals surface area contributed by atoms with E-state index in [4.69, 9.17) is 4.42 Å². The zero-order chi connectivity index (χ0) is 11.7. The van der Waals surface area contributed by atoms with Crippen LogP contribution in [0.5, 0.6) is 0 Å². The van der Waals surface area contributed by atoms with Crippen molar-refractivity contribution in [3.8, 4) is 0 Å². The largest absolute Gasteiger partial charge is 0.424 e. The highest BCUT2D eigenvalue weighted by atomic mass is 32.1. The first-order chi connectivity index (χ1) is 8.33. The second-order valence-corrected chi connectivity index (χ2v) is 4.64. The molecule has 0 aliphatic rings. The predicted molar refractivity (Wildman–Crippen MR) is 68.2 cm³/mol. The van der Waals surface area contributed by atoms with Crippen LogP contribution in [-0.2, 0) is 6.54 Å². The van der Waals surface area contributed by atoms with Crippen molar-refractivity contribution in [2.24, 2.45) is 0 Å². The minimum atomic E-state index is 0.555. The molecule has 5 heteroatoms. The summed E-state index contributed by atoms with van der Waals surface area (Å²) in [5, 5.41) is 3.17. The van der Waals surface area contributed by atoms with Crippen LogP contribution in [0.4, 0.5) is 6.01 Å². The molecule has 1 N–H and O–H groups in total. The van der Waals surface area contributed by atoms with Crippen LogP contribution >= 0.6 is 11.3 Å². The first-order valence-electron chi connectivity index (χ1n) is 5.31. The number of aryl methyl sites for hydroxylation is 1. The van der Waals surface area contributed by atoms with E-state index in [1.807, 2.05) is 36.7 Å². The number of aromatic nitrogens is 2. The molecule has 0 atom stereocenters. The molecule has 0 saturated heterocycles. The lowest BCUT2D eigenvalue weighted by molar-refractivity contribution is 0.614. The molecule has 0 radical (unpaired) electrons. The number of thiazole rings is 1. The zero-order valence-corrected chi connectivity index (χ0v) is 10.1. The fourth-order valence-electron chi connectivity index (χ4n) is 1.60. The van der Waals surface area contributed by atoms with E-state index in [-0.39, 0.29) is 0 Å². The average Bonchev–Trinajstić information content (AvgIpc) is 2.92. The molecule has 1 aromatic carbocycles. The summed E-state index contributed by atoms with van der Waals surface area (Å²) in [7, 11) is 0. The molecule has 4 nitrogen and oxygen atoms in total. The number of fused-ring (bicyclic) bond motifs is 1. The monoisotopic (exact) mass is 245 g/mol. The van der Waals surface area contributed by atoms with E-state index in [9.17, 15) is 0 Å². The van der Waals surface area contributed by atoms with E-state index in [0.717, 1.165) is 16.8 Å². The number of oxazole rings is 1. The Hall–Kier alpha value is -1.88. The highest BCUT2D eigenvalue weighted by Crippen LogP contribution is 2.20. The van der Waals surface area contributed by atoms with Crippen molar-refractivity contribution in [2.45, 2.75) is 13.5 Å².